The van der Waals surface area contributed by atoms with Crippen molar-refractivity contribution in [3.8, 4) is 0 Å². The number of hydrogen-bond donors (Lipinski definition) is 1. The van der Waals surface area contributed by atoms with Gasteiger partial charge in [0, 0.05) is 54.8 Å². The van der Waals surface area contributed by atoms with E-state index < -0.39 is 0 Å². The summed E-state index contributed by atoms with van der Waals surface area (Å²) in [6, 6.07) is 4.12. The molecule has 1 amide bonds. The van der Waals surface area contributed by atoms with E-state index in [-0.39, 0.29) is 11.3 Å². The second-order valence-corrected chi connectivity index (χ2v) is 9.91. The zero-order chi connectivity index (χ0) is 19.9. The Morgan fingerprint density at radius 2 is 2.21 bits per heavy atom. The number of anilines is 1. The van der Waals surface area contributed by atoms with E-state index in [1.807, 2.05) is 17.8 Å². The summed E-state index contributed by atoms with van der Waals surface area (Å²) in [6.07, 6.45) is 4.21. The van der Waals surface area contributed by atoms with Crippen LogP contribution in [0.25, 0.3) is 10.2 Å². The third-order valence-corrected chi connectivity index (χ3v) is 7.32. The standard InChI is InChI=1S/C20H25N5OS2/c1-20(7-4-8-25(11-20)10-13-9-22-12-27-13)15-6-5-14-16(21)17(19(26)24(2)3)28-18(14)23-15/h5-6,9,12H,4,7-8,10-11,21H2,1-3H3/t20-/m0/s1. The van der Waals surface area contributed by atoms with Gasteiger partial charge < -0.3 is 10.6 Å². The minimum Gasteiger partial charge on any atom is -0.397 e. The number of piperidine rings is 1. The van der Waals surface area contributed by atoms with E-state index in [4.69, 9.17) is 10.7 Å². The first-order chi connectivity index (χ1) is 13.4. The molecule has 2 N–H and O–H groups in total. The van der Waals surface area contributed by atoms with Gasteiger partial charge >= 0.3 is 0 Å². The molecule has 8 heteroatoms. The van der Waals surface area contributed by atoms with Crippen LogP contribution < -0.4 is 5.73 Å². The Labute approximate surface area is 173 Å². The summed E-state index contributed by atoms with van der Waals surface area (Å²) in [5.41, 5.74) is 9.75. The lowest BCUT2D eigenvalue weighted by Gasteiger charge is -2.40. The smallest absolute Gasteiger partial charge is 0.265 e. The first-order valence-corrected chi connectivity index (χ1v) is 11.1. The number of amides is 1. The fraction of sp³-hybridized carbons (Fsp3) is 0.450. The highest BCUT2D eigenvalue weighted by Crippen LogP contribution is 2.38. The van der Waals surface area contributed by atoms with Gasteiger partial charge in [0.05, 0.1) is 11.2 Å². The third-order valence-electron chi connectivity index (χ3n) is 5.45. The summed E-state index contributed by atoms with van der Waals surface area (Å²) in [6.45, 7) is 5.30. The average Bonchev–Trinajstić information content (AvgIpc) is 3.29. The molecule has 0 unspecified atom stereocenters. The normalized spacial score (nSPS) is 20.5. The first kappa shape index (κ1) is 19.3. The molecule has 0 aromatic carbocycles. The van der Waals surface area contributed by atoms with Crippen LogP contribution in [0.2, 0.25) is 0 Å². The van der Waals surface area contributed by atoms with Crippen molar-refractivity contribution < 1.29 is 4.79 Å². The van der Waals surface area contributed by atoms with Gasteiger partial charge in [0.2, 0.25) is 0 Å². The summed E-state index contributed by atoms with van der Waals surface area (Å²) in [4.78, 5) is 28.3. The number of pyridine rings is 1. The Bertz CT molecular complexity index is 998. The summed E-state index contributed by atoms with van der Waals surface area (Å²) >= 11 is 3.10. The predicted molar refractivity (Wildman–Crippen MR) is 116 cm³/mol. The lowest BCUT2D eigenvalue weighted by molar-refractivity contribution is 0.0833. The Hall–Kier alpha value is -2.03. The molecule has 1 saturated heterocycles. The molecule has 0 aliphatic carbocycles. The molecule has 0 spiro atoms. The minimum atomic E-state index is -0.0679. The topological polar surface area (TPSA) is 75.4 Å². The number of aromatic nitrogens is 2. The number of nitrogens with zero attached hydrogens (tertiary/aromatic N) is 4. The fourth-order valence-electron chi connectivity index (χ4n) is 3.92. The van der Waals surface area contributed by atoms with Crippen LogP contribution in [-0.4, -0.2) is 52.9 Å². The number of fused-ring (bicyclic) bond motifs is 1. The van der Waals surface area contributed by atoms with Gasteiger partial charge in [0.15, 0.2) is 0 Å². The monoisotopic (exact) mass is 415 g/mol. The highest BCUT2D eigenvalue weighted by molar-refractivity contribution is 7.21. The largest absolute Gasteiger partial charge is 0.397 e. The highest BCUT2D eigenvalue weighted by Gasteiger charge is 2.34. The summed E-state index contributed by atoms with van der Waals surface area (Å²) in [5, 5.41) is 0.875. The molecule has 28 heavy (non-hydrogen) atoms. The van der Waals surface area contributed by atoms with Gasteiger partial charge in [-0.3, -0.25) is 14.7 Å². The number of hydrogen-bond acceptors (Lipinski definition) is 7. The van der Waals surface area contributed by atoms with Crippen LogP contribution in [-0.2, 0) is 12.0 Å². The van der Waals surface area contributed by atoms with Crippen LogP contribution in [0.5, 0.6) is 0 Å². The van der Waals surface area contributed by atoms with Crippen LogP contribution in [0.4, 0.5) is 5.69 Å². The molecule has 1 fully saturated rings. The van der Waals surface area contributed by atoms with E-state index in [9.17, 15) is 4.79 Å². The molecule has 3 aromatic heterocycles. The molecular formula is C20H25N5OS2. The number of nitrogens with two attached hydrogens (primary N) is 1. The zero-order valence-corrected chi connectivity index (χ0v) is 18.1. The van der Waals surface area contributed by atoms with E-state index >= 15 is 0 Å². The van der Waals surface area contributed by atoms with E-state index in [0.29, 0.717) is 10.6 Å². The maximum Gasteiger partial charge on any atom is 0.265 e. The van der Waals surface area contributed by atoms with Crippen molar-refractivity contribution >= 4 is 44.5 Å². The second-order valence-electron chi connectivity index (χ2n) is 7.94. The molecule has 1 aliphatic rings. The molecular weight excluding hydrogens is 390 g/mol. The summed E-state index contributed by atoms with van der Waals surface area (Å²) < 4.78 is 0. The van der Waals surface area contributed by atoms with Gasteiger partial charge in [0.25, 0.3) is 5.91 Å². The van der Waals surface area contributed by atoms with Crippen LogP contribution >= 0.6 is 22.7 Å². The van der Waals surface area contributed by atoms with Crippen molar-refractivity contribution in [1.29, 1.82) is 0 Å². The van der Waals surface area contributed by atoms with Gasteiger partial charge in [-0.05, 0) is 31.5 Å². The number of thiazole rings is 1. The van der Waals surface area contributed by atoms with E-state index in [2.05, 4.69) is 22.9 Å². The summed E-state index contributed by atoms with van der Waals surface area (Å²) in [5.74, 6) is -0.0679. The Morgan fingerprint density at radius 1 is 1.39 bits per heavy atom. The van der Waals surface area contributed by atoms with E-state index in [0.717, 1.165) is 48.4 Å². The van der Waals surface area contributed by atoms with Crippen LogP contribution in [0, 0.1) is 0 Å². The maximum absolute atomic E-state index is 12.4. The number of likely N-dealkylation sites (tertiary alicyclic amines) is 1. The molecule has 4 heterocycles. The second kappa shape index (κ2) is 7.42. The Kier molecular flexibility index (Phi) is 5.11. The van der Waals surface area contributed by atoms with Crippen molar-refractivity contribution in [2.24, 2.45) is 0 Å². The number of nitrogen functional groups attached to an aromatic ring is 1. The first-order valence-electron chi connectivity index (χ1n) is 9.38. The number of rotatable bonds is 4. The average molecular weight is 416 g/mol. The van der Waals surface area contributed by atoms with Crippen molar-refractivity contribution in [3.05, 3.63) is 39.3 Å². The minimum absolute atomic E-state index is 0.0123. The number of thiophene rings is 1. The third kappa shape index (κ3) is 3.52. The lowest BCUT2D eigenvalue weighted by Crippen LogP contribution is -2.44. The fourth-order valence-corrected chi connectivity index (χ4v) is 5.68. The molecule has 1 atom stereocenters. The van der Waals surface area contributed by atoms with E-state index in [1.54, 1.807) is 30.3 Å². The van der Waals surface area contributed by atoms with Gasteiger partial charge in [-0.1, -0.05) is 6.92 Å². The molecule has 0 bridgehead atoms. The predicted octanol–water partition coefficient (Wildman–Crippen LogP) is 3.59. The highest BCUT2D eigenvalue weighted by atomic mass is 32.1. The van der Waals surface area contributed by atoms with Crippen molar-refractivity contribution in [2.75, 3.05) is 32.9 Å². The zero-order valence-electron chi connectivity index (χ0n) is 16.4. The number of carbonyl (C=O) groups excluding carboxylic acids is 1. The Balaban J connectivity index is 1.63. The molecule has 1 aliphatic heterocycles. The summed E-state index contributed by atoms with van der Waals surface area (Å²) in [7, 11) is 3.48. The van der Waals surface area contributed by atoms with Crippen molar-refractivity contribution in [2.45, 2.75) is 31.7 Å². The Morgan fingerprint density at radius 3 is 2.93 bits per heavy atom. The molecule has 0 saturated carbocycles. The molecule has 4 rings (SSSR count). The van der Waals surface area contributed by atoms with Crippen LogP contribution in [0.3, 0.4) is 0 Å². The lowest BCUT2D eigenvalue weighted by atomic mass is 9.78. The van der Waals surface area contributed by atoms with Gasteiger partial charge in [-0.15, -0.1) is 22.7 Å². The van der Waals surface area contributed by atoms with Gasteiger partial charge in [0.1, 0.15) is 9.71 Å². The molecule has 0 radical (unpaired) electrons. The van der Waals surface area contributed by atoms with Crippen LogP contribution in [0.1, 0.15) is 40.0 Å². The van der Waals surface area contributed by atoms with Crippen molar-refractivity contribution in [1.82, 2.24) is 19.8 Å². The van der Waals surface area contributed by atoms with Crippen molar-refractivity contribution in [3.63, 3.8) is 0 Å². The van der Waals surface area contributed by atoms with Gasteiger partial charge in [-0.25, -0.2) is 4.98 Å². The quantitative estimate of drug-likeness (QED) is 0.705. The van der Waals surface area contributed by atoms with Crippen LogP contribution in [0.15, 0.2) is 23.8 Å². The molecule has 3 aromatic rings. The molecule has 6 nitrogen and oxygen atoms in total. The molecule has 148 valence electrons. The van der Waals surface area contributed by atoms with E-state index in [1.165, 1.54) is 16.2 Å². The van der Waals surface area contributed by atoms with Gasteiger partial charge in [-0.2, -0.15) is 0 Å². The SMILES string of the molecule is CN(C)C(=O)c1sc2nc([C@@]3(C)CCCN(Cc4cncs4)C3)ccc2c1N. The number of carbonyl (C=O) groups is 1. The maximum atomic E-state index is 12.4.